The van der Waals surface area contributed by atoms with Gasteiger partial charge in [0.1, 0.15) is 36.0 Å². The first-order valence-corrected chi connectivity index (χ1v) is 25.9. The Balaban J connectivity index is 0.738. The van der Waals surface area contributed by atoms with E-state index in [9.17, 15) is 40.5 Å². The van der Waals surface area contributed by atoms with Crippen LogP contribution in [0.5, 0.6) is 0 Å². The third-order valence-corrected chi connectivity index (χ3v) is 14.6. The van der Waals surface area contributed by atoms with Crippen LogP contribution in [0.4, 0.5) is 84.0 Å². The van der Waals surface area contributed by atoms with Gasteiger partial charge in [0.2, 0.25) is 11.9 Å². The van der Waals surface area contributed by atoms with Crippen molar-refractivity contribution in [2.75, 3.05) is 112 Å². The molecule has 26 heteroatoms. The van der Waals surface area contributed by atoms with Gasteiger partial charge in [0.25, 0.3) is 11.8 Å². The molecule has 19 nitrogen and oxygen atoms in total. The summed E-state index contributed by atoms with van der Waals surface area (Å²) in [6.07, 6.45) is -8.29. The maximum absolute atomic E-state index is 14.3. The first kappa shape index (κ1) is 53.7. The van der Waals surface area contributed by atoms with Crippen molar-refractivity contribution in [2.24, 2.45) is 0 Å². The Morgan fingerprint density at radius 3 is 1.26 bits per heavy atom. The lowest BCUT2D eigenvalue weighted by molar-refractivity contribution is -0.138. The zero-order valence-corrected chi connectivity index (χ0v) is 43.7. The van der Waals surface area contributed by atoms with E-state index in [4.69, 9.17) is 9.05 Å². The van der Waals surface area contributed by atoms with Crippen LogP contribution >= 0.6 is 8.25 Å². The summed E-state index contributed by atoms with van der Waals surface area (Å²) in [6.45, 7) is 6.71. The molecule has 0 saturated carbocycles. The molecular weight excluding hydrogens is 1050 g/mol. The molecule has 6 heterocycles. The number of aromatic nitrogens is 4. The van der Waals surface area contributed by atoms with Crippen molar-refractivity contribution in [3.8, 4) is 0 Å². The van der Waals surface area contributed by atoms with E-state index in [1.807, 2.05) is 26.2 Å². The van der Waals surface area contributed by atoms with E-state index in [0.29, 0.717) is 59.1 Å². The molecule has 2 amide bonds. The fourth-order valence-electron chi connectivity index (χ4n) is 9.64. The Morgan fingerprint density at radius 2 is 0.897 bits per heavy atom. The standard InChI is InChI=1S/C52H53F6N14O5P/c1-67-17-21-71(22-18-67)41-15-13-39(43-35(41)27-69(3)47(43)73)63-45-37(51(53,54)55)25-59-49(65-45)61-33-9-5-31(6-10-33)29-76-78(75)77-30-32-7-11-34(12-8-32)62-50-60-26-38(52(56,57)58)46(66-50)64-40-14-16-42(72-23-19-68(2)20-24-72)36-28-70(4)48(74)44(36)40/h5-16,25-26H,17-24,27-30H2,1-4H3,(H3-,59,60,61,62,63,64,65,66,73,74)/p+1. The number of piperazine rings is 2. The number of carbonyl (C=O) groups excluding carboxylic acids is 2. The number of halogens is 6. The number of hydrogen-bond acceptors (Lipinski definition) is 17. The second-order valence-electron chi connectivity index (χ2n) is 19.4. The van der Waals surface area contributed by atoms with E-state index in [0.717, 1.165) is 74.9 Å². The SMILES string of the molecule is CN1CCN(c2ccc(Nc3nc(Nc4ccc(CO[P+](=O)OCc5ccc(Nc6ncc(C(F)(F)F)c(Nc7ccc(N8CCN(C)CC8)c8c7C(=O)N(C)C8)n6)cc5)cc4)ncc3C(F)(F)F)c3c2CN(C)C3=O)CC1. The number of nitrogens with one attached hydrogen (secondary N) is 4. The highest BCUT2D eigenvalue weighted by Crippen LogP contribution is 2.43. The number of hydrogen-bond donors (Lipinski definition) is 4. The summed E-state index contributed by atoms with van der Waals surface area (Å²) >= 11 is 0. The molecule has 10 rings (SSSR count). The Hall–Kier alpha value is -7.70. The Labute approximate surface area is 445 Å². The van der Waals surface area contributed by atoms with Gasteiger partial charge in [-0.05, 0) is 73.8 Å². The fraction of sp³-hybridized carbons (Fsp3) is 0.346. The number of anilines is 10. The quantitative estimate of drug-likeness (QED) is 0.0530. The molecule has 0 unspecified atom stereocenters. The fourth-order valence-corrected chi connectivity index (χ4v) is 10.2. The van der Waals surface area contributed by atoms with E-state index < -0.39 is 43.4 Å². The average molecular weight is 1100 g/mol. The van der Waals surface area contributed by atoms with Crippen LogP contribution in [0, 0.1) is 0 Å². The largest absolute Gasteiger partial charge is 0.698 e. The van der Waals surface area contributed by atoms with Crippen LogP contribution in [0.3, 0.4) is 0 Å². The first-order valence-electron chi connectivity index (χ1n) is 24.8. The van der Waals surface area contributed by atoms with Gasteiger partial charge in [0.05, 0.1) is 22.5 Å². The van der Waals surface area contributed by atoms with Crippen LogP contribution in [-0.2, 0) is 52.3 Å². The molecule has 4 N–H and O–H groups in total. The molecule has 4 aromatic carbocycles. The Morgan fingerprint density at radius 1 is 0.526 bits per heavy atom. The first-order chi connectivity index (χ1) is 37.2. The molecule has 408 valence electrons. The summed E-state index contributed by atoms with van der Waals surface area (Å²) in [7, 11) is 4.76. The van der Waals surface area contributed by atoms with Crippen LogP contribution < -0.4 is 31.1 Å². The van der Waals surface area contributed by atoms with Crippen LogP contribution in [0.2, 0.25) is 0 Å². The maximum atomic E-state index is 14.3. The van der Waals surface area contributed by atoms with Crippen molar-refractivity contribution in [3.05, 3.63) is 130 Å². The molecule has 78 heavy (non-hydrogen) atoms. The molecule has 6 aromatic rings. The number of carbonyl (C=O) groups is 2. The minimum atomic E-state index is -4.82. The molecule has 2 aromatic heterocycles. The third kappa shape index (κ3) is 11.7. The summed E-state index contributed by atoms with van der Waals surface area (Å²) in [4.78, 5) is 54.9. The lowest BCUT2D eigenvalue weighted by Gasteiger charge is -2.35. The van der Waals surface area contributed by atoms with E-state index in [1.54, 1.807) is 74.8 Å². The molecule has 0 spiro atoms. The number of rotatable bonds is 16. The molecule has 4 aliphatic rings. The van der Waals surface area contributed by atoms with Crippen LogP contribution in [0.1, 0.15) is 54.1 Å². The van der Waals surface area contributed by atoms with Gasteiger partial charge in [-0.2, -0.15) is 36.3 Å². The van der Waals surface area contributed by atoms with Crippen LogP contribution in [0.15, 0.2) is 85.2 Å². The molecule has 4 aliphatic heterocycles. The van der Waals surface area contributed by atoms with Gasteiger partial charge >= 0.3 is 20.6 Å². The summed E-state index contributed by atoms with van der Waals surface area (Å²) in [5.41, 5.74) is 3.98. The average Bonchev–Trinajstić information content (AvgIpc) is 4.06. The molecule has 2 saturated heterocycles. The highest BCUT2D eigenvalue weighted by atomic mass is 31.1. The van der Waals surface area contributed by atoms with Crippen molar-refractivity contribution in [1.82, 2.24) is 39.5 Å². The number of alkyl halides is 6. The lowest BCUT2D eigenvalue weighted by Crippen LogP contribution is -2.44. The maximum Gasteiger partial charge on any atom is 0.698 e. The number of likely N-dealkylation sites (N-methyl/N-ethyl adjacent to an activating group) is 2. The minimum absolute atomic E-state index is 0.114. The molecule has 0 radical (unpaired) electrons. The topological polar surface area (TPSA) is 189 Å². The summed E-state index contributed by atoms with van der Waals surface area (Å²) in [5.74, 6) is -2.00. The normalized spacial score (nSPS) is 16.2. The van der Waals surface area contributed by atoms with Gasteiger partial charge in [-0.25, -0.2) is 9.97 Å². The van der Waals surface area contributed by atoms with Gasteiger partial charge in [-0.3, -0.25) is 9.59 Å². The number of amides is 2. The highest BCUT2D eigenvalue weighted by molar-refractivity contribution is 7.33. The summed E-state index contributed by atoms with van der Waals surface area (Å²) < 4.78 is 110. The predicted octanol–water partition coefficient (Wildman–Crippen LogP) is 9.34. The third-order valence-electron chi connectivity index (χ3n) is 14.0. The molecule has 2 fully saturated rings. The van der Waals surface area contributed by atoms with Crippen LogP contribution in [0.25, 0.3) is 0 Å². The van der Waals surface area contributed by atoms with Crippen molar-refractivity contribution < 1.29 is 49.5 Å². The number of fused-ring (bicyclic) bond motifs is 2. The van der Waals surface area contributed by atoms with E-state index in [2.05, 4.69) is 60.8 Å². The van der Waals surface area contributed by atoms with E-state index in [-0.39, 0.29) is 48.3 Å². The van der Waals surface area contributed by atoms with E-state index in [1.165, 1.54) is 9.80 Å². The van der Waals surface area contributed by atoms with Crippen molar-refractivity contribution in [3.63, 3.8) is 0 Å². The van der Waals surface area contributed by atoms with Crippen LogP contribution in [-0.4, -0.2) is 132 Å². The van der Waals surface area contributed by atoms with Gasteiger partial charge in [-0.1, -0.05) is 24.3 Å². The van der Waals surface area contributed by atoms with Gasteiger partial charge < -0.3 is 50.7 Å². The Bertz CT molecular complexity index is 3030. The second kappa shape index (κ2) is 22.0. The highest BCUT2D eigenvalue weighted by Gasteiger charge is 2.39. The zero-order chi connectivity index (χ0) is 55.0. The van der Waals surface area contributed by atoms with E-state index >= 15 is 0 Å². The summed E-state index contributed by atoms with van der Waals surface area (Å²) in [5, 5.41) is 11.4. The second-order valence-corrected chi connectivity index (χ2v) is 20.4. The van der Waals surface area contributed by atoms with Crippen molar-refractivity contribution in [2.45, 2.75) is 38.7 Å². The Kier molecular flexibility index (Phi) is 15.1. The van der Waals surface area contributed by atoms with Gasteiger partial charge in [-0.15, -0.1) is 9.05 Å². The molecule has 0 aliphatic carbocycles. The monoisotopic (exact) mass is 1100 g/mol. The zero-order valence-electron chi connectivity index (χ0n) is 42.8. The number of nitrogens with zero attached hydrogens (tertiary/aromatic N) is 10. The smallest absolute Gasteiger partial charge is 0.369 e. The van der Waals surface area contributed by atoms with Crippen molar-refractivity contribution in [1.29, 1.82) is 0 Å². The predicted molar refractivity (Wildman–Crippen MR) is 281 cm³/mol. The molecule has 0 atom stereocenters. The van der Waals surface area contributed by atoms with Gasteiger partial charge in [0.15, 0.2) is 0 Å². The van der Waals surface area contributed by atoms with Gasteiger partial charge in [0, 0.05) is 130 Å². The summed E-state index contributed by atoms with van der Waals surface area (Å²) in [6, 6.07) is 19.9. The van der Waals surface area contributed by atoms with Crippen molar-refractivity contribution >= 4 is 77.7 Å². The minimum Gasteiger partial charge on any atom is -0.369 e. The number of benzene rings is 4. The molecule has 0 bridgehead atoms. The molecular formula is C52H54F6N14O5P+. The lowest BCUT2D eigenvalue weighted by atomic mass is 10.0.